The standard InChI is InChI=1S/C15H17ClFNO/c1-3-18-14(12-7-10(2)19-9-12)8-11-5-4-6-13(16)15(11)17/h4-7,9,14,18H,3,8H2,1-2H3. The molecule has 0 saturated carbocycles. The first-order valence-electron chi connectivity index (χ1n) is 6.33. The number of likely N-dealkylation sites (N-methyl/N-ethyl adjacent to an activating group) is 1. The molecule has 0 fully saturated rings. The fraction of sp³-hybridized carbons (Fsp3) is 0.333. The zero-order valence-corrected chi connectivity index (χ0v) is 11.8. The second-order valence-electron chi connectivity index (χ2n) is 4.52. The van der Waals surface area contributed by atoms with E-state index in [-0.39, 0.29) is 16.9 Å². The van der Waals surface area contributed by atoms with Gasteiger partial charge in [0.05, 0.1) is 11.3 Å². The van der Waals surface area contributed by atoms with Crippen molar-refractivity contribution in [3.05, 3.63) is 58.3 Å². The smallest absolute Gasteiger partial charge is 0.145 e. The highest BCUT2D eigenvalue weighted by atomic mass is 35.5. The number of aryl methyl sites for hydroxylation is 1. The molecule has 0 spiro atoms. The number of benzene rings is 1. The molecule has 0 aliphatic heterocycles. The number of hydrogen-bond acceptors (Lipinski definition) is 2. The Labute approximate surface area is 117 Å². The summed E-state index contributed by atoms with van der Waals surface area (Å²) >= 11 is 5.81. The second-order valence-corrected chi connectivity index (χ2v) is 4.93. The number of halogens is 2. The molecule has 0 bridgehead atoms. The van der Waals surface area contributed by atoms with Crippen LogP contribution < -0.4 is 5.32 Å². The average molecular weight is 282 g/mol. The monoisotopic (exact) mass is 281 g/mol. The van der Waals surface area contributed by atoms with E-state index in [1.54, 1.807) is 24.5 Å². The normalized spacial score (nSPS) is 12.6. The quantitative estimate of drug-likeness (QED) is 0.885. The zero-order valence-electron chi connectivity index (χ0n) is 11.0. The van der Waals surface area contributed by atoms with Crippen molar-refractivity contribution >= 4 is 11.6 Å². The third kappa shape index (κ3) is 3.37. The predicted molar refractivity (Wildman–Crippen MR) is 75.0 cm³/mol. The predicted octanol–water partition coefficient (Wildman–Crippen LogP) is 4.27. The van der Waals surface area contributed by atoms with E-state index in [1.807, 2.05) is 19.9 Å². The molecule has 1 unspecified atom stereocenters. The van der Waals surface area contributed by atoms with Crippen LogP contribution in [0.5, 0.6) is 0 Å². The van der Waals surface area contributed by atoms with E-state index in [0.29, 0.717) is 12.0 Å². The summed E-state index contributed by atoms with van der Waals surface area (Å²) in [6.45, 7) is 4.72. The Kier molecular flexibility index (Phi) is 4.61. The highest BCUT2D eigenvalue weighted by Crippen LogP contribution is 2.25. The fourth-order valence-corrected chi connectivity index (χ4v) is 2.32. The highest BCUT2D eigenvalue weighted by Gasteiger charge is 2.16. The minimum Gasteiger partial charge on any atom is -0.469 e. The summed E-state index contributed by atoms with van der Waals surface area (Å²) in [6.07, 6.45) is 2.25. The van der Waals surface area contributed by atoms with Crippen molar-refractivity contribution in [2.75, 3.05) is 6.54 Å². The van der Waals surface area contributed by atoms with E-state index in [0.717, 1.165) is 17.9 Å². The van der Waals surface area contributed by atoms with Gasteiger partial charge in [0.15, 0.2) is 0 Å². The molecule has 2 aromatic rings. The van der Waals surface area contributed by atoms with Crippen LogP contribution in [-0.2, 0) is 6.42 Å². The van der Waals surface area contributed by atoms with Gasteiger partial charge in [0.25, 0.3) is 0 Å². The van der Waals surface area contributed by atoms with Crippen LogP contribution in [-0.4, -0.2) is 6.54 Å². The molecule has 0 aliphatic rings. The van der Waals surface area contributed by atoms with Crippen LogP contribution in [0.2, 0.25) is 5.02 Å². The second kappa shape index (κ2) is 6.22. The highest BCUT2D eigenvalue weighted by molar-refractivity contribution is 6.30. The van der Waals surface area contributed by atoms with Crippen molar-refractivity contribution in [3.63, 3.8) is 0 Å². The van der Waals surface area contributed by atoms with Crippen molar-refractivity contribution in [3.8, 4) is 0 Å². The molecule has 1 aromatic heterocycles. The molecular formula is C15H17ClFNO. The summed E-state index contributed by atoms with van der Waals surface area (Å²) in [4.78, 5) is 0. The lowest BCUT2D eigenvalue weighted by Crippen LogP contribution is -2.23. The molecule has 2 nitrogen and oxygen atoms in total. The minimum atomic E-state index is -0.340. The van der Waals surface area contributed by atoms with E-state index in [4.69, 9.17) is 16.0 Å². The maximum Gasteiger partial charge on any atom is 0.145 e. The molecule has 1 N–H and O–H groups in total. The number of hydrogen-bond donors (Lipinski definition) is 1. The van der Waals surface area contributed by atoms with Crippen molar-refractivity contribution in [1.29, 1.82) is 0 Å². The molecule has 1 atom stereocenters. The molecule has 0 aliphatic carbocycles. The fourth-order valence-electron chi connectivity index (χ4n) is 2.13. The van der Waals surface area contributed by atoms with Gasteiger partial charge in [-0.1, -0.05) is 30.7 Å². The molecule has 2 rings (SSSR count). The Hall–Kier alpha value is -1.32. The Balaban J connectivity index is 2.23. The van der Waals surface area contributed by atoms with Crippen molar-refractivity contribution < 1.29 is 8.81 Å². The molecule has 1 aromatic carbocycles. The summed E-state index contributed by atoms with van der Waals surface area (Å²) in [7, 11) is 0. The first-order valence-corrected chi connectivity index (χ1v) is 6.71. The molecule has 102 valence electrons. The van der Waals surface area contributed by atoms with Gasteiger partial charge < -0.3 is 9.73 Å². The topological polar surface area (TPSA) is 25.2 Å². The third-order valence-corrected chi connectivity index (χ3v) is 3.35. The summed E-state index contributed by atoms with van der Waals surface area (Å²) < 4.78 is 19.3. The van der Waals surface area contributed by atoms with Gasteiger partial charge in [0.2, 0.25) is 0 Å². The van der Waals surface area contributed by atoms with Crippen LogP contribution in [0.1, 0.15) is 29.9 Å². The van der Waals surface area contributed by atoms with Gasteiger partial charge in [-0.05, 0) is 37.6 Å². The Morgan fingerprint density at radius 3 is 2.84 bits per heavy atom. The van der Waals surface area contributed by atoms with Crippen molar-refractivity contribution in [2.45, 2.75) is 26.3 Å². The molecule has 0 saturated heterocycles. The third-order valence-electron chi connectivity index (χ3n) is 3.06. The Morgan fingerprint density at radius 2 is 2.21 bits per heavy atom. The lowest BCUT2D eigenvalue weighted by atomic mass is 10.0. The number of nitrogens with one attached hydrogen (secondary N) is 1. The number of furan rings is 1. The van der Waals surface area contributed by atoms with Crippen molar-refractivity contribution in [2.24, 2.45) is 0 Å². The summed E-state index contributed by atoms with van der Waals surface area (Å²) in [6, 6.07) is 7.08. The molecule has 4 heteroatoms. The molecule has 19 heavy (non-hydrogen) atoms. The summed E-state index contributed by atoms with van der Waals surface area (Å²) in [5.41, 5.74) is 1.64. The van der Waals surface area contributed by atoms with Crippen LogP contribution >= 0.6 is 11.6 Å². The first-order chi connectivity index (χ1) is 9.11. The maximum absolute atomic E-state index is 13.9. The van der Waals surface area contributed by atoms with Gasteiger partial charge in [-0.2, -0.15) is 0 Å². The van der Waals surface area contributed by atoms with Gasteiger partial charge in [-0.15, -0.1) is 0 Å². The minimum absolute atomic E-state index is 0.0235. The average Bonchev–Trinajstić information content (AvgIpc) is 2.81. The largest absolute Gasteiger partial charge is 0.469 e. The Morgan fingerprint density at radius 1 is 1.42 bits per heavy atom. The van der Waals surface area contributed by atoms with Crippen LogP contribution in [0.3, 0.4) is 0 Å². The zero-order chi connectivity index (χ0) is 13.8. The van der Waals surface area contributed by atoms with Crippen LogP contribution in [0.15, 0.2) is 34.9 Å². The summed E-state index contributed by atoms with van der Waals surface area (Å²) in [5, 5.41) is 3.50. The molecule has 0 radical (unpaired) electrons. The van der Waals surface area contributed by atoms with Gasteiger partial charge in [-0.25, -0.2) is 4.39 Å². The van der Waals surface area contributed by atoms with Gasteiger partial charge in [0.1, 0.15) is 11.6 Å². The van der Waals surface area contributed by atoms with E-state index in [1.165, 1.54) is 0 Å². The van der Waals surface area contributed by atoms with E-state index in [2.05, 4.69) is 5.32 Å². The van der Waals surface area contributed by atoms with Crippen LogP contribution in [0.25, 0.3) is 0 Å². The molecule has 1 heterocycles. The van der Waals surface area contributed by atoms with Crippen LogP contribution in [0.4, 0.5) is 4.39 Å². The lowest BCUT2D eigenvalue weighted by Gasteiger charge is -2.17. The van der Waals surface area contributed by atoms with Gasteiger partial charge >= 0.3 is 0 Å². The maximum atomic E-state index is 13.9. The Bertz CT molecular complexity index is 553. The van der Waals surface area contributed by atoms with Gasteiger partial charge in [-0.3, -0.25) is 0 Å². The molecular weight excluding hydrogens is 265 g/mol. The van der Waals surface area contributed by atoms with Crippen molar-refractivity contribution in [1.82, 2.24) is 5.32 Å². The van der Waals surface area contributed by atoms with E-state index >= 15 is 0 Å². The first kappa shape index (κ1) is 14.1. The molecule has 0 amide bonds. The number of rotatable bonds is 5. The van der Waals surface area contributed by atoms with Gasteiger partial charge in [0, 0.05) is 11.6 Å². The van der Waals surface area contributed by atoms with Crippen LogP contribution in [0, 0.1) is 12.7 Å². The SMILES string of the molecule is CCNC(Cc1cccc(Cl)c1F)c1coc(C)c1. The van der Waals surface area contributed by atoms with E-state index in [9.17, 15) is 4.39 Å². The lowest BCUT2D eigenvalue weighted by molar-refractivity contribution is 0.504. The van der Waals surface area contributed by atoms with E-state index < -0.39 is 0 Å². The summed E-state index contributed by atoms with van der Waals surface area (Å²) in [5.74, 6) is 0.511.